The molecule has 0 amide bonds. The molecule has 0 atom stereocenters. The second kappa shape index (κ2) is 8.44. The van der Waals surface area contributed by atoms with Crippen molar-refractivity contribution in [3.05, 3.63) is 63.7 Å². The second-order valence-electron chi connectivity index (χ2n) is 7.02. The van der Waals surface area contributed by atoms with Crippen molar-refractivity contribution in [1.29, 1.82) is 0 Å². The molecule has 0 spiro atoms. The van der Waals surface area contributed by atoms with Crippen molar-refractivity contribution >= 4 is 38.6 Å². The van der Waals surface area contributed by atoms with E-state index in [0.29, 0.717) is 13.1 Å². The molecule has 0 unspecified atom stereocenters. The molecular weight excluding hydrogens is 426 g/mol. The average Bonchev–Trinajstić information content (AvgIpc) is 3.10. The van der Waals surface area contributed by atoms with E-state index in [2.05, 4.69) is 4.99 Å². The molecule has 1 aromatic heterocycles. The summed E-state index contributed by atoms with van der Waals surface area (Å²) < 4.78 is 29.8. The Hall–Kier alpha value is -1.93. The Kier molecular flexibility index (Phi) is 5.92. The third kappa shape index (κ3) is 4.19. The number of aromatic nitrogens is 1. The van der Waals surface area contributed by atoms with Gasteiger partial charge in [-0.25, -0.2) is 13.4 Å². The molecule has 2 heterocycles. The Morgan fingerprint density at radius 3 is 2.48 bits per heavy atom. The van der Waals surface area contributed by atoms with E-state index in [1.165, 1.54) is 11.3 Å². The van der Waals surface area contributed by atoms with Crippen LogP contribution in [0.25, 0.3) is 11.3 Å². The van der Waals surface area contributed by atoms with Crippen LogP contribution in [-0.2, 0) is 17.1 Å². The van der Waals surface area contributed by atoms with E-state index in [-0.39, 0.29) is 9.92 Å². The van der Waals surface area contributed by atoms with Crippen LogP contribution in [0.15, 0.2) is 63.8 Å². The fourth-order valence-corrected chi connectivity index (χ4v) is 6.39. The Morgan fingerprint density at radius 2 is 1.76 bits per heavy atom. The lowest BCUT2D eigenvalue weighted by Crippen LogP contribution is -2.35. The zero-order valence-electron chi connectivity index (χ0n) is 16.1. The highest BCUT2D eigenvalue weighted by Gasteiger charge is 2.28. The van der Waals surface area contributed by atoms with Gasteiger partial charge in [-0.15, -0.1) is 11.3 Å². The highest BCUT2D eigenvalue weighted by Crippen LogP contribution is 2.31. The first-order valence-electron chi connectivity index (χ1n) is 9.51. The molecule has 2 aromatic carbocycles. The van der Waals surface area contributed by atoms with Crippen LogP contribution in [0.3, 0.4) is 0 Å². The molecule has 0 radical (unpaired) electrons. The number of hydrogen-bond donors (Lipinski definition) is 0. The lowest BCUT2D eigenvalue weighted by molar-refractivity contribution is 0.346. The summed E-state index contributed by atoms with van der Waals surface area (Å²) >= 11 is 7.83. The standard InChI is InChI=1S/C21H22ClN3O2S2/c1-24-19(15-28-21(24)23-17-8-4-2-5-9-17)16-10-11-18(22)20(14-16)29(26,27)25-12-6-3-7-13-25/h2,4-5,8-11,14-15H,3,6-7,12-13H2,1H3/b23-21+. The Labute approximate surface area is 180 Å². The molecule has 0 saturated carbocycles. The van der Waals surface area contributed by atoms with Crippen LogP contribution in [0, 0.1) is 0 Å². The number of halogens is 1. The summed E-state index contributed by atoms with van der Waals surface area (Å²) in [7, 11) is -1.67. The molecule has 0 aliphatic carbocycles. The van der Waals surface area contributed by atoms with Gasteiger partial charge in [0.15, 0.2) is 4.80 Å². The fourth-order valence-electron chi connectivity index (χ4n) is 3.45. The van der Waals surface area contributed by atoms with Gasteiger partial charge in [-0.05, 0) is 37.1 Å². The minimum Gasteiger partial charge on any atom is -0.320 e. The average molecular weight is 448 g/mol. The van der Waals surface area contributed by atoms with Gasteiger partial charge >= 0.3 is 0 Å². The summed E-state index contributed by atoms with van der Waals surface area (Å²) in [6.45, 7) is 1.10. The minimum atomic E-state index is -3.61. The van der Waals surface area contributed by atoms with Gasteiger partial charge in [0, 0.05) is 31.1 Å². The monoisotopic (exact) mass is 447 g/mol. The maximum absolute atomic E-state index is 13.1. The van der Waals surface area contributed by atoms with Crippen molar-refractivity contribution in [1.82, 2.24) is 8.87 Å². The number of para-hydroxylation sites is 1. The number of rotatable bonds is 4. The van der Waals surface area contributed by atoms with Crippen molar-refractivity contribution in [2.45, 2.75) is 24.2 Å². The summed E-state index contributed by atoms with van der Waals surface area (Å²) in [5, 5.41) is 2.24. The Morgan fingerprint density at radius 1 is 1.03 bits per heavy atom. The largest absolute Gasteiger partial charge is 0.320 e. The van der Waals surface area contributed by atoms with Gasteiger partial charge in [-0.2, -0.15) is 4.31 Å². The van der Waals surface area contributed by atoms with Crippen molar-refractivity contribution < 1.29 is 8.42 Å². The van der Waals surface area contributed by atoms with E-state index in [0.717, 1.165) is 41.0 Å². The molecule has 1 fully saturated rings. The zero-order chi connectivity index (χ0) is 20.4. The smallest absolute Gasteiger partial charge is 0.244 e. The molecule has 0 N–H and O–H groups in total. The number of benzene rings is 2. The number of nitrogens with zero attached hydrogens (tertiary/aromatic N) is 3. The lowest BCUT2D eigenvalue weighted by Gasteiger charge is -2.26. The van der Waals surface area contributed by atoms with Crippen molar-refractivity contribution in [3.8, 4) is 11.3 Å². The summed E-state index contributed by atoms with van der Waals surface area (Å²) in [6.07, 6.45) is 2.85. The molecule has 1 saturated heterocycles. The molecule has 4 rings (SSSR count). The third-order valence-electron chi connectivity index (χ3n) is 5.07. The van der Waals surface area contributed by atoms with Crippen LogP contribution in [0.5, 0.6) is 0 Å². The number of piperidine rings is 1. The van der Waals surface area contributed by atoms with E-state index >= 15 is 0 Å². The first-order chi connectivity index (χ1) is 14.0. The topological polar surface area (TPSA) is 54.7 Å². The molecule has 3 aromatic rings. The SMILES string of the molecule is Cn1c(-c2ccc(Cl)c(S(=O)(=O)N3CCCCC3)c2)cs/c1=N/c1ccccc1. The molecule has 29 heavy (non-hydrogen) atoms. The van der Waals surface area contributed by atoms with Gasteiger partial charge in [0.05, 0.1) is 16.4 Å². The van der Waals surface area contributed by atoms with Gasteiger partial charge < -0.3 is 4.57 Å². The number of sulfonamides is 1. The predicted octanol–water partition coefficient (Wildman–Crippen LogP) is 4.81. The number of hydrogen-bond acceptors (Lipinski definition) is 4. The first kappa shape index (κ1) is 20.3. The molecule has 152 valence electrons. The molecular formula is C21H22ClN3O2S2. The van der Waals surface area contributed by atoms with E-state index in [4.69, 9.17) is 11.6 Å². The van der Waals surface area contributed by atoms with Crippen LogP contribution in [0.1, 0.15) is 19.3 Å². The Bertz CT molecular complexity index is 1180. The van der Waals surface area contributed by atoms with Crippen LogP contribution in [0.2, 0.25) is 5.02 Å². The molecule has 5 nitrogen and oxygen atoms in total. The first-order valence-corrected chi connectivity index (χ1v) is 12.2. The predicted molar refractivity (Wildman–Crippen MR) is 118 cm³/mol. The van der Waals surface area contributed by atoms with E-state index < -0.39 is 10.0 Å². The maximum Gasteiger partial charge on any atom is 0.244 e. The highest BCUT2D eigenvalue weighted by atomic mass is 35.5. The van der Waals surface area contributed by atoms with Crippen LogP contribution >= 0.6 is 22.9 Å². The maximum atomic E-state index is 13.1. The number of thiazole rings is 1. The molecule has 0 bridgehead atoms. The van der Waals surface area contributed by atoms with Crippen molar-refractivity contribution in [2.75, 3.05) is 13.1 Å². The third-order valence-corrected chi connectivity index (χ3v) is 8.36. The summed E-state index contributed by atoms with van der Waals surface area (Å²) in [6, 6.07) is 15.0. The van der Waals surface area contributed by atoms with Crippen LogP contribution in [-0.4, -0.2) is 30.4 Å². The van der Waals surface area contributed by atoms with Gasteiger partial charge in [-0.1, -0.05) is 42.3 Å². The summed E-state index contributed by atoms with van der Waals surface area (Å²) in [5.41, 5.74) is 2.58. The van der Waals surface area contributed by atoms with Crippen LogP contribution in [0.4, 0.5) is 5.69 Å². The van der Waals surface area contributed by atoms with Gasteiger partial charge in [-0.3, -0.25) is 0 Å². The van der Waals surface area contributed by atoms with Gasteiger partial charge in [0.2, 0.25) is 10.0 Å². The van der Waals surface area contributed by atoms with E-state index in [1.807, 2.05) is 53.4 Å². The van der Waals surface area contributed by atoms with E-state index in [9.17, 15) is 8.42 Å². The quantitative estimate of drug-likeness (QED) is 0.576. The van der Waals surface area contributed by atoms with Gasteiger partial charge in [0.1, 0.15) is 4.90 Å². The second-order valence-corrected chi connectivity index (χ2v) is 10.2. The zero-order valence-corrected chi connectivity index (χ0v) is 18.5. The lowest BCUT2D eigenvalue weighted by atomic mass is 10.2. The van der Waals surface area contributed by atoms with Gasteiger partial charge in [0.25, 0.3) is 0 Å². The normalized spacial score (nSPS) is 16.3. The fraction of sp³-hybridized carbons (Fsp3) is 0.286. The van der Waals surface area contributed by atoms with E-state index in [1.54, 1.807) is 16.4 Å². The minimum absolute atomic E-state index is 0.173. The van der Waals surface area contributed by atoms with Crippen molar-refractivity contribution in [2.24, 2.45) is 12.0 Å². The van der Waals surface area contributed by atoms with Crippen LogP contribution < -0.4 is 4.80 Å². The summed E-state index contributed by atoms with van der Waals surface area (Å²) in [5.74, 6) is 0. The molecule has 1 aliphatic rings. The Balaban J connectivity index is 1.74. The highest BCUT2D eigenvalue weighted by molar-refractivity contribution is 7.89. The molecule has 8 heteroatoms. The molecule has 1 aliphatic heterocycles. The summed E-state index contributed by atoms with van der Waals surface area (Å²) in [4.78, 5) is 5.69. The van der Waals surface area contributed by atoms with Crippen molar-refractivity contribution in [3.63, 3.8) is 0 Å².